The molecule has 0 bridgehead atoms. The Morgan fingerprint density at radius 3 is 2.48 bits per heavy atom. The summed E-state index contributed by atoms with van der Waals surface area (Å²) in [5.41, 5.74) is 3.43. The molecule has 3 aromatic carbocycles. The second-order valence-corrected chi connectivity index (χ2v) is 6.89. The van der Waals surface area contributed by atoms with Crippen LogP contribution in [-0.4, -0.2) is 36.9 Å². The summed E-state index contributed by atoms with van der Waals surface area (Å²) in [6.07, 6.45) is 2.30. The Hall–Kier alpha value is -4.33. The van der Waals surface area contributed by atoms with Crippen molar-refractivity contribution < 1.29 is 28.9 Å². The van der Waals surface area contributed by atoms with E-state index in [1.807, 2.05) is 6.92 Å². The standard InChI is InChI=1S/C25H24N2O6/c1-3-14-32-19-11-9-18(10-12-19)25(30)33-22-13-8-17(15-23(22)31-2)16-26-27-24(29)20-6-4-5-7-21(20)28/h4-13,15-16,28H,3,14H2,1-2H3,(H,27,29). The molecule has 8 heteroatoms. The lowest BCUT2D eigenvalue weighted by Crippen LogP contribution is -2.17. The van der Waals surface area contributed by atoms with E-state index >= 15 is 0 Å². The molecule has 0 saturated heterocycles. The first-order valence-corrected chi connectivity index (χ1v) is 10.3. The molecule has 0 aliphatic carbocycles. The summed E-state index contributed by atoms with van der Waals surface area (Å²) >= 11 is 0. The highest BCUT2D eigenvalue weighted by Crippen LogP contribution is 2.28. The number of nitrogens with zero attached hydrogens (tertiary/aromatic N) is 1. The van der Waals surface area contributed by atoms with Gasteiger partial charge in [-0.1, -0.05) is 19.1 Å². The molecule has 0 unspecified atom stereocenters. The van der Waals surface area contributed by atoms with Crippen molar-refractivity contribution in [3.05, 3.63) is 83.4 Å². The summed E-state index contributed by atoms with van der Waals surface area (Å²) in [5.74, 6) is 0.0245. The van der Waals surface area contributed by atoms with E-state index in [1.54, 1.807) is 54.6 Å². The van der Waals surface area contributed by atoms with Gasteiger partial charge in [-0.2, -0.15) is 5.10 Å². The molecule has 0 aliphatic heterocycles. The van der Waals surface area contributed by atoms with Crippen LogP contribution < -0.4 is 19.6 Å². The quantitative estimate of drug-likeness (QED) is 0.220. The highest BCUT2D eigenvalue weighted by atomic mass is 16.6. The van der Waals surface area contributed by atoms with Crippen LogP contribution in [0.15, 0.2) is 71.8 Å². The molecular formula is C25H24N2O6. The van der Waals surface area contributed by atoms with E-state index in [0.29, 0.717) is 29.2 Å². The van der Waals surface area contributed by atoms with Crippen LogP contribution in [0, 0.1) is 0 Å². The maximum atomic E-state index is 12.5. The molecule has 0 saturated carbocycles. The zero-order valence-corrected chi connectivity index (χ0v) is 18.3. The van der Waals surface area contributed by atoms with Crippen LogP contribution in [0.5, 0.6) is 23.0 Å². The summed E-state index contributed by atoms with van der Waals surface area (Å²) in [6.45, 7) is 2.62. The highest BCUT2D eigenvalue weighted by Gasteiger charge is 2.13. The van der Waals surface area contributed by atoms with Gasteiger partial charge in [0.25, 0.3) is 5.91 Å². The number of esters is 1. The molecule has 1 amide bonds. The number of phenolic OH excluding ortho intramolecular Hbond substituents is 1. The minimum absolute atomic E-state index is 0.111. The number of carbonyl (C=O) groups is 2. The zero-order chi connectivity index (χ0) is 23.6. The molecule has 0 radical (unpaired) electrons. The molecule has 8 nitrogen and oxygen atoms in total. The van der Waals surface area contributed by atoms with Crippen molar-refractivity contribution >= 4 is 18.1 Å². The van der Waals surface area contributed by atoms with Crippen LogP contribution in [0.1, 0.15) is 39.6 Å². The number of nitrogens with one attached hydrogen (secondary N) is 1. The number of methoxy groups -OCH3 is 1. The van der Waals surface area contributed by atoms with Crippen LogP contribution in [0.4, 0.5) is 0 Å². The molecule has 170 valence electrons. The van der Waals surface area contributed by atoms with Crippen molar-refractivity contribution in [2.75, 3.05) is 13.7 Å². The Balaban J connectivity index is 1.64. The number of amides is 1. The number of benzene rings is 3. The minimum Gasteiger partial charge on any atom is -0.507 e. The third-order valence-electron chi connectivity index (χ3n) is 4.48. The molecule has 33 heavy (non-hydrogen) atoms. The lowest BCUT2D eigenvalue weighted by atomic mass is 10.2. The molecular weight excluding hydrogens is 424 g/mol. The number of rotatable bonds is 9. The van der Waals surface area contributed by atoms with E-state index in [9.17, 15) is 14.7 Å². The van der Waals surface area contributed by atoms with Crippen LogP contribution in [0.2, 0.25) is 0 Å². The van der Waals surface area contributed by atoms with E-state index in [1.165, 1.54) is 25.5 Å². The van der Waals surface area contributed by atoms with Gasteiger partial charge in [0.05, 0.1) is 31.1 Å². The number of aromatic hydroxyl groups is 1. The molecule has 0 atom stereocenters. The average Bonchev–Trinajstić information content (AvgIpc) is 2.84. The van der Waals surface area contributed by atoms with Gasteiger partial charge in [0.1, 0.15) is 11.5 Å². The van der Waals surface area contributed by atoms with Crippen LogP contribution in [0.3, 0.4) is 0 Å². The average molecular weight is 448 g/mol. The first kappa shape index (κ1) is 23.3. The summed E-state index contributed by atoms with van der Waals surface area (Å²) in [5, 5.41) is 13.6. The van der Waals surface area contributed by atoms with Gasteiger partial charge in [0.15, 0.2) is 11.5 Å². The minimum atomic E-state index is -0.548. The maximum Gasteiger partial charge on any atom is 0.343 e. The Kier molecular flexibility index (Phi) is 8.02. The Morgan fingerprint density at radius 1 is 1.03 bits per heavy atom. The molecule has 0 aliphatic rings. The predicted molar refractivity (Wildman–Crippen MR) is 123 cm³/mol. The zero-order valence-electron chi connectivity index (χ0n) is 18.3. The van der Waals surface area contributed by atoms with Crippen LogP contribution >= 0.6 is 0 Å². The van der Waals surface area contributed by atoms with E-state index < -0.39 is 11.9 Å². The lowest BCUT2D eigenvalue weighted by molar-refractivity contribution is 0.0729. The summed E-state index contributed by atoms with van der Waals surface area (Å²) in [6, 6.07) is 17.7. The van der Waals surface area contributed by atoms with Crippen molar-refractivity contribution in [3.63, 3.8) is 0 Å². The molecule has 0 spiro atoms. The van der Waals surface area contributed by atoms with Gasteiger partial charge in [0.2, 0.25) is 0 Å². The third-order valence-corrected chi connectivity index (χ3v) is 4.48. The van der Waals surface area contributed by atoms with E-state index in [-0.39, 0.29) is 17.1 Å². The summed E-state index contributed by atoms with van der Waals surface area (Å²) < 4.78 is 16.3. The number of ether oxygens (including phenoxy) is 3. The lowest BCUT2D eigenvalue weighted by Gasteiger charge is -2.10. The number of phenols is 1. The molecule has 0 fully saturated rings. The Bertz CT molecular complexity index is 1140. The van der Waals surface area contributed by atoms with E-state index in [2.05, 4.69) is 10.5 Å². The van der Waals surface area contributed by atoms with Gasteiger partial charge in [0, 0.05) is 0 Å². The summed E-state index contributed by atoms with van der Waals surface area (Å²) in [4.78, 5) is 24.6. The van der Waals surface area contributed by atoms with Crippen LogP contribution in [0.25, 0.3) is 0 Å². The fraction of sp³-hybridized carbons (Fsp3) is 0.160. The van der Waals surface area contributed by atoms with Gasteiger partial charge in [-0.05, 0) is 66.6 Å². The molecule has 3 aromatic rings. The second-order valence-electron chi connectivity index (χ2n) is 6.89. The van der Waals surface area contributed by atoms with Gasteiger partial charge in [-0.25, -0.2) is 10.2 Å². The number of para-hydroxylation sites is 1. The number of hydrogen-bond donors (Lipinski definition) is 2. The van der Waals surface area contributed by atoms with Gasteiger partial charge in [-0.3, -0.25) is 4.79 Å². The highest BCUT2D eigenvalue weighted by molar-refractivity contribution is 5.97. The Labute approximate surface area is 191 Å². The first-order valence-electron chi connectivity index (χ1n) is 10.3. The van der Waals surface area contributed by atoms with Gasteiger partial charge >= 0.3 is 5.97 Å². The molecule has 0 aromatic heterocycles. The topological polar surface area (TPSA) is 106 Å². The van der Waals surface area contributed by atoms with Crippen LogP contribution in [-0.2, 0) is 0 Å². The van der Waals surface area contributed by atoms with Gasteiger partial charge in [-0.15, -0.1) is 0 Å². The smallest absolute Gasteiger partial charge is 0.343 e. The van der Waals surface area contributed by atoms with Gasteiger partial charge < -0.3 is 19.3 Å². The fourth-order valence-electron chi connectivity index (χ4n) is 2.81. The van der Waals surface area contributed by atoms with Crippen molar-refractivity contribution in [2.24, 2.45) is 5.10 Å². The van der Waals surface area contributed by atoms with Crippen molar-refractivity contribution in [1.29, 1.82) is 0 Å². The Morgan fingerprint density at radius 2 is 1.79 bits per heavy atom. The second kappa shape index (κ2) is 11.3. The maximum absolute atomic E-state index is 12.5. The SMILES string of the molecule is CCCOc1ccc(C(=O)Oc2ccc(C=NNC(=O)c3ccccc3O)cc2OC)cc1. The van der Waals surface area contributed by atoms with E-state index in [4.69, 9.17) is 14.2 Å². The number of hydrazone groups is 1. The molecule has 0 heterocycles. The third kappa shape index (κ3) is 6.33. The number of carbonyl (C=O) groups excluding carboxylic acids is 2. The van der Waals surface area contributed by atoms with E-state index in [0.717, 1.165) is 6.42 Å². The normalized spacial score (nSPS) is 10.6. The van der Waals surface area contributed by atoms with Crippen molar-refractivity contribution in [1.82, 2.24) is 5.43 Å². The van der Waals surface area contributed by atoms with Crippen molar-refractivity contribution in [2.45, 2.75) is 13.3 Å². The molecule has 3 rings (SSSR count). The summed E-state index contributed by atoms with van der Waals surface area (Å²) in [7, 11) is 1.45. The van der Waals surface area contributed by atoms with Crippen molar-refractivity contribution in [3.8, 4) is 23.0 Å². The number of hydrogen-bond acceptors (Lipinski definition) is 7. The molecule has 2 N–H and O–H groups in total. The predicted octanol–water partition coefficient (Wildman–Crippen LogP) is 4.17. The first-order chi connectivity index (χ1) is 16.0. The fourth-order valence-corrected chi connectivity index (χ4v) is 2.81. The largest absolute Gasteiger partial charge is 0.507 e. The monoisotopic (exact) mass is 448 g/mol.